The summed E-state index contributed by atoms with van der Waals surface area (Å²) < 4.78 is -0.977. The van der Waals surface area contributed by atoms with Crippen molar-refractivity contribution in [2.45, 2.75) is 23.6 Å². The van der Waals surface area contributed by atoms with E-state index >= 15 is 0 Å². The summed E-state index contributed by atoms with van der Waals surface area (Å²) in [6.45, 7) is 3.33. The Bertz CT molecular complexity index is 875. The molecule has 3 aromatic rings. The summed E-state index contributed by atoms with van der Waals surface area (Å²) in [5.41, 5.74) is 1.79. The second-order valence-corrected chi connectivity index (χ2v) is 7.17. The lowest BCUT2D eigenvalue weighted by Gasteiger charge is -2.19. The van der Waals surface area contributed by atoms with Crippen molar-refractivity contribution in [3.05, 3.63) is 49.2 Å². The lowest BCUT2D eigenvalue weighted by Crippen LogP contribution is -2.27. The molecule has 1 aromatic carbocycles. The molecule has 0 saturated carbocycles. The van der Waals surface area contributed by atoms with E-state index in [9.17, 15) is 9.90 Å². The molecule has 0 saturated heterocycles. The number of pyridine rings is 1. The van der Waals surface area contributed by atoms with Crippen LogP contribution in [0, 0.1) is 0 Å². The van der Waals surface area contributed by atoms with Gasteiger partial charge in [0.15, 0.2) is 0 Å². The van der Waals surface area contributed by atoms with Gasteiger partial charge in [0.05, 0.1) is 0 Å². The Labute approximate surface area is 137 Å². The fourth-order valence-electron chi connectivity index (χ4n) is 2.23. The van der Waals surface area contributed by atoms with Gasteiger partial charge in [0.25, 0.3) is 0 Å². The standard InChI is InChI=1S/C17H15N3O2S/c1-17(2,16(21)22)23-15-14(9-19-10-20-15)13-5-3-4-11-8-18-7-6-12(11)13/h3-10H,1-2H3,(H,21,22). The molecule has 0 radical (unpaired) electrons. The summed E-state index contributed by atoms with van der Waals surface area (Å²) in [4.78, 5) is 24.0. The fourth-order valence-corrected chi connectivity index (χ4v) is 3.17. The largest absolute Gasteiger partial charge is 0.480 e. The minimum Gasteiger partial charge on any atom is -0.480 e. The highest BCUT2D eigenvalue weighted by atomic mass is 32.2. The molecule has 23 heavy (non-hydrogen) atoms. The highest BCUT2D eigenvalue weighted by Crippen LogP contribution is 2.39. The lowest BCUT2D eigenvalue weighted by molar-refractivity contribution is -0.138. The summed E-state index contributed by atoms with van der Waals surface area (Å²) in [7, 11) is 0. The number of rotatable bonds is 4. The zero-order chi connectivity index (χ0) is 16.4. The Hall–Kier alpha value is -2.47. The monoisotopic (exact) mass is 325 g/mol. The molecule has 0 fully saturated rings. The van der Waals surface area contributed by atoms with Gasteiger partial charge < -0.3 is 5.11 Å². The molecule has 0 bridgehead atoms. The summed E-state index contributed by atoms with van der Waals surface area (Å²) in [6.07, 6.45) is 6.71. The Kier molecular flexibility index (Phi) is 4.00. The van der Waals surface area contributed by atoms with Crippen LogP contribution in [0.15, 0.2) is 54.2 Å². The van der Waals surface area contributed by atoms with Gasteiger partial charge in [-0.1, -0.05) is 30.0 Å². The maximum atomic E-state index is 11.4. The number of hydrogen-bond donors (Lipinski definition) is 1. The Morgan fingerprint density at radius 1 is 1.13 bits per heavy atom. The topological polar surface area (TPSA) is 76.0 Å². The van der Waals surface area contributed by atoms with Crippen LogP contribution in [0.1, 0.15) is 13.8 Å². The first-order valence-corrected chi connectivity index (χ1v) is 7.86. The molecule has 2 aromatic heterocycles. The first-order valence-electron chi connectivity index (χ1n) is 7.04. The van der Waals surface area contributed by atoms with Crippen LogP contribution in [0.3, 0.4) is 0 Å². The SMILES string of the molecule is CC(C)(Sc1ncncc1-c1cccc2cnccc12)C(=O)O. The zero-order valence-corrected chi connectivity index (χ0v) is 13.5. The number of carbonyl (C=O) groups is 1. The van der Waals surface area contributed by atoms with Crippen LogP contribution in [0.2, 0.25) is 0 Å². The van der Waals surface area contributed by atoms with E-state index in [0.717, 1.165) is 21.9 Å². The van der Waals surface area contributed by atoms with Crippen LogP contribution < -0.4 is 0 Å². The second-order valence-electron chi connectivity index (χ2n) is 5.56. The van der Waals surface area contributed by atoms with Gasteiger partial charge in [0, 0.05) is 29.5 Å². The van der Waals surface area contributed by atoms with E-state index in [0.29, 0.717) is 5.03 Å². The smallest absolute Gasteiger partial charge is 0.319 e. The van der Waals surface area contributed by atoms with E-state index < -0.39 is 10.7 Å². The number of fused-ring (bicyclic) bond motifs is 1. The normalized spacial score (nSPS) is 11.6. The number of thioether (sulfide) groups is 1. The molecule has 0 atom stereocenters. The molecule has 0 amide bonds. The second kappa shape index (κ2) is 5.96. The van der Waals surface area contributed by atoms with E-state index in [1.807, 2.05) is 24.3 Å². The van der Waals surface area contributed by atoms with Gasteiger partial charge in [-0.3, -0.25) is 9.78 Å². The summed E-state index contributed by atoms with van der Waals surface area (Å²) >= 11 is 1.22. The van der Waals surface area contributed by atoms with Gasteiger partial charge in [0.2, 0.25) is 0 Å². The van der Waals surface area contributed by atoms with Crippen molar-refractivity contribution in [1.82, 2.24) is 15.0 Å². The van der Waals surface area contributed by atoms with E-state index in [2.05, 4.69) is 15.0 Å². The van der Waals surface area contributed by atoms with Crippen molar-refractivity contribution in [2.24, 2.45) is 0 Å². The minimum atomic E-state index is -0.977. The molecule has 3 rings (SSSR count). The molecule has 1 N–H and O–H groups in total. The van der Waals surface area contributed by atoms with Gasteiger partial charge >= 0.3 is 5.97 Å². The third-order valence-corrected chi connectivity index (χ3v) is 4.72. The molecule has 0 spiro atoms. The molecule has 5 nitrogen and oxygen atoms in total. The molecular weight excluding hydrogens is 310 g/mol. The predicted octanol–water partition coefficient (Wildman–Crippen LogP) is 3.65. The Morgan fingerprint density at radius 3 is 2.74 bits per heavy atom. The summed E-state index contributed by atoms with van der Waals surface area (Å²) in [6, 6.07) is 7.86. The van der Waals surface area contributed by atoms with Crippen LogP contribution in [0.4, 0.5) is 0 Å². The average molecular weight is 325 g/mol. The number of carboxylic acids is 1. The van der Waals surface area contributed by atoms with Crippen LogP contribution in [-0.4, -0.2) is 30.8 Å². The number of hydrogen-bond acceptors (Lipinski definition) is 5. The molecule has 2 heterocycles. The Morgan fingerprint density at radius 2 is 1.96 bits per heavy atom. The predicted molar refractivity (Wildman–Crippen MR) is 90.3 cm³/mol. The minimum absolute atomic E-state index is 0.650. The first kappa shape index (κ1) is 15.4. The molecule has 116 valence electrons. The van der Waals surface area contributed by atoms with Gasteiger partial charge in [-0.2, -0.15) is 0 Å². The van der Waals surface area contributed by atoms with E-state index in [-0.39, 0.29) is 0 Å². The number of aliphatic carboxylic acids is 1. The number of aromatic nitrogens is 3. The van der Waals surface area contributed by atoms with Crippen LogP contribution in [0.25, 0.3) is 21.9 Å². The molecule has 0 aliphatic rings. The number of nitrogens with zero attached hydrogens (tertiary/aromatic N) is 3. The Balaban J connectivity index is 2.15. The van der Waals surface area contributed by atoms with E-state index in [4.69, 9.17) is 0 Å². The third-order valence-electron chi connectivity index (χ3n) is 3.51. The van der Waals surface area contributed by atoms with E-state index in [1.54, 1.807) is 32.4 Å². The van der Waals surface area contributed by atoms with Crippen molar-refractivity contribution in [3.63, 3.8) is 0 Å². The maximum absolute atomic E-state index is 11.4. The lowest BCUT2D eigenvalue weighted by atomic mass is 10.0. The van der Waals surface area contributed by atoms with Gasteiger partial charge in [-0.05, 0) is 30.9 Å². The molecular formula is C17H15N3O2S. The first-order chi connectivity index (χ1) is 11.0. The van der Waals surface area contributed by atoms with Gasteiger partial charge in [-0.15, -0.1) is 0 Å². The number of carboxylic acid groups (broad SMARTS) is 1. The quantitative estimate of drug-likeness (QED) is 0.583. The van der Waals surface area contributed by atoms with Crippen molar-refractivity contribution >= 4 is 28.5 Å². The zero-order valence-electron chi connectivity index (χ0n) is 12.7. The van der Waals surface area contributed by atoms with Gasteiger partial charge in [0.1, 0.15) is 16.1 Å². The molecule has 6 heteroatoms. The van der Waals surface area contributed by atoms with Crippen molar-refractivity contribution in [1.29, 1.82) is 0 Å². The van der Waals surface area contributed by atoms with Gasteiger partial charge in [-0.25, -0.2) is 9.97 Å². The molecule has 0 aliphatic carbocycles. The molecule has 0 unspecified atom stereocenters. The van der Waals surface area contributed by atoms with Crippen LogP contribution in [-0.2, 0) is 4.79 Å². The molecule has 0 aliphatic heterocycles. The number of benzene rings is 1. The van der Waals surface area contributed by atoms with Crippen molar-refractivity contribution < 1.29 is 9.90 Å². The van der Waals surface area contributed by atoms with Crippen molar-refractivity contribution in [2.75, 3.05) is 0 Å². The summed E-state index contributed by atoms with van der Waals surface area (Å²) in [5, 5.41) is 12.1. The summed E-state index contributed by atoms with van der Waals surface area (Å²) in [5.74, 6) is -0.880. The maximum Gasteiger partial charge on any atom is 0.319 e. The average Bonchev–Trinajstić information content (AvgIpc) is 2.54. The van der Waals surface area contributed by atoms with Crippen LogP contribution >= 0.6 is 11.8 Å². The fraction of sp³-hybridized carbons (Fsp3) is 0.176. The third kappa shape index (κ3) is 3.03. The van der Waals surface area contributed by atoms with Crippen LogP contribution in [0.5, 0.6) is 0 Å². The highest BCUT2D eigenvalue weighted by molar-refractivity contribution is 8.01. The van der Waals surface area contributed by atoms with E-state index in [1.165, 1.54) is 18.1 Å². The highest BCUT2D eigenvalue weighted by Gasteiger charge is 2.30. The van der Waals surface area contributed by atoms with Crippen molar-refractivity contribution in [3.8, 4) is 11.1 Å².